The Labute approximate surface area is 405 Å². The van der Waals surface area contributed by atoms with E-state index in [4.69, 9.17) is 0 Å². The van der Waals surface area contributed by atoms with Gasteiger partial charge in [-0.3, -0.25) is 6.08 Å². The van der Waals surface area contributed by atoms with Crippen LogP contribution in [-0.4, -0.2) is 56.5 Å². The number of allylic oxidation sites excluding steroid dienone is 4. The number of halogens is 3. The molecule has 0 radical (unpaired) electrons. The summed E-state index contributed by atoms with van der Waals surface area (Å²) in [6, 6.07) is 16.2. The topological polar surface area (TPSA) is 0 Å². The van der Waals surface area contributed by atoms with Crippen molar-refractivity contribution in [2.45, 2.75) is 171 Å². The summed E-state index contributed by atoms with van der Waals surface area (Å²) < 4.78 is 0. The Hall–Kier alpha value is 0.242. The van der Waals surface area contributed by atoms with Crippen molar-refractivity contribution in [3.8, 4) is 0 Å². The first kappa shape index (κ1) is 59.2. The second kappa shape index (κ2) is 19.0. The zero-order valence-electron chi connectivity index (χ0n) is 42.1. The quantitative estimate of drug-likeness (QED) is 0.155. The molecule has 59 heavy (non-hydrogen) atoms. The molecule has 1 unspecified atom stereocenters. The maximum Gasteiger partial charge on any atom is 4.00 e. The average molecular weight is 1010 g/mol. The van der Waals surface area contributed by atoms with Gasteiger partial charge in [-0.2, -0.15) is 11.1 Å². The summed E-state index contributed by atoms with van der Waals surface area (Å²) in [5.41, 5.74) is 9.21. The second-order valence-electron chi connectivity index (χ2n) is 23.9. The van der Waals surface area contributed by atoms with E-state index in [-0.39, 0.29) is 64.0 Å². The van der Waals surface area contributed by atoms with Crippen molar-refractivity contribution < 1.29 is 58.9 Å². The molecule has 0 aromatic heterocycles. The van der Waals surface area contributed by atoms with E-state index in [1.165, 1.54) is 11.1 Å². The van der Waals surface area contributed by atoms with Gasteiger partial charge in [-0.05, 0) is 20.8 Å². The van der Waals surface area contributed by atoms with Gasteiger partial charge in [-0.15, -0.1) is 6.92 Å². The Morgan fingerprint density at radius 3 is 0.763 bits per heavy atom. The Kier molecular flexibility index (Phi) is 19.1. The van der Waals surface area contributed by atoms with Crippen molar-refractivity contribution in [1.82, 2.24) is 0 Å². The summed E-state index contributed by atoms with van der Waals surface area (Å²) in [7, 11) is -13.8. The maximum absolute atomic E-state index is 4.47. The van der Waals surface area contributed by atoms with Crippen LogP contribution in [0.1, 0.15) is 44.4 Å². The van der Waals surface area contributed by atoms with Gasteiger partial charge in [-0.1, -0.05) is 243 Å². The standard InChI is InChI=1S/C48H81Si7.3ClH.Ti/c1-33-32-48(7,38(6)34(33)2)55(42-29-26-39(49(8,9)10)35(3)45(42)52(17,18)19,43-30-27-40(50(11,12)13)36(4)46(43)53(20,21)22)44-31-28-41(51(14,15)16)37(5)47(44)54(23,24)25;;;;/h26-31H,1-25H3;3*1H;/q-1;;;;+4/p-3. The summed E-state index contributed by atoms with van der Waals surface area (Å²) in [5.74, 6) is 0. The average Bonchev–Trinajstić information content (AvgIpc) is 3.16. The van der Waals surface area contributed by atoms with Crippen LogP contribution in [0.4, 0.5) is 0 Å². The molecule has 1 aliphatic carbocycles. The van der Waals surface area contributed by atoms with E-state index in [2.05, 4.69) is 209 Å². The van der Waals surface area contributed by atoms with Crippen LogP contribution in [0.5, 0.6) is 0 Å². The molecule has 3 aromatic rings. The fourth-order valence-electron chi connectivity index (χ4n) is 11.2. The van der Waals surface area contributed by atoms with Crippen molar-refractivity contribution in [2.24, 2.45) is 0 Å². The molecule has 1 aliphatic rings. The number of hydrogen-bond donors (Lipinski definition) is 0. The van der Waals surface area contributed by atoms with Gasteiger partial charge in [0.15, 0.2) is 0 Å². The first-order chi connectivity index (χ1) is 24.5. The van der Waals surface area contributed by atoms with Gasteiger partial charge >= 0.3 is 21.7 Å². The van der Waals surface area contributed by atoms with E-state index in [0.717, 1.165) is 0 Å². The molecule has 3 aromatic carbocycles. The number of benzene rings is 3. The predicted molar refractivity (Wildman–Crippen MR) is 275 cm³/mol. The molecule has 4 rings (SSSR count). The van der Waals surface area contributed by atoms with Crippen LogP contribution in [-0.2, 0) is 21.7 Å². The molecule has 0 heterocycles. The van der Waals surface area contributed by atoms with E-state index >= 15 is 0 Å². The molecule has 1 atom stereocenters. The van der Waals surface area contributed by atoms with Gasteiger partial charge in [-0.25, -0.2) is 5.57 Å². The third kappa shape index (κ3) is 10.4. The van der Waals surface area contributed by atoms with Crippen LogP contribution in [0, 0.1) is 26.8 Å². The summed E-state index contributed by atoms with van der Waals surface area (Å²) in [5, 5.41) is 15.1. The number of rotatable bonds is 10. The predicted octanol–water partition coefficient (Wildman–Crippen LogP) is 0.223. The zero-order valence-corrected chi connectivity index (χ0v) is 52.9. The van der Waals surface area contributed by atoms with Crippen molar-refractivity contribution in [2.75, 3.05) is 0 Å². The molecule has 326 valence electrons. The van der Waals surface area contributed by atoms with Crippen LogP contribution < -0.4 is 83.9 Å². The largest absolute Gasteiger partial charge is 4.00 e. The summed E-state index contributed by atoms with van der Waals surface area (Å²) in [6.07, 6.45) is 4.47. The Morgan fingerprint density at radius 2 is 0.593 bits per heavy atom. The minimum atomic E-state index is -3.10. The molecule has 0 saturated carbocycles. The normalized spacial score (nSPS) is 16.8. The smallest absolute Gasteiger partial charge is 1.00 e. The minimum absolute atomic E-state index is 0. The first-order valence-electron chi connectivity index (χ1n) is 21.2. The summed E-state index contributed by atoms with van der Waals surface area (Å²) >= 11 is 0. The fraction of sp³-hybridized carbons (Fsp3) is 0.542. The van der Waals surface area contributed by atoms with Crippen LogP contribution >= 0.6 is 0 Å². The van der Waals surface area contributed by atoms with E-state index in [0.29, 0.717) is 0 Å². The monoisotopic (exact) mass is 1010 g/mol. The Bertz CT molecular complexity index is 1900. The van der Waals surface area contributed by atoms with E-state index < -0.39 is 56.5 Å². The van der Waals surface area contributed by atoms with E-state index in [9.17, 15) is 0 Å². The van der Waals surface area contributed by atoms with Gasteiger partial charge in [0.05, 0.1) is 48.4 Å². The third-order valence-corrected chi connectivity index (χ3v) is 32.7. The SMILES string of the molecule is CC1=[C-]C(C)([Si](c2ccc([Si](C)(C)C)c(C)c2[Si](C)(C)C)(c2ccc([Si](C)(C)C)c(C)c2[Si](C)(C)C)c2ccc([Si](C)(C)C)c(C)c2[Si](C)(C)C)C(C)=C1C.[Cl-].[Cl-].[Cl-].[Ti+4]. The molecular formula is C48H81Cl3Si7Ti. The zero-order chi connectivity index (χ0) is 42.6. The molecule has 0 spiro atoms. The van der Waals surface area contributed by atoms with Gasteiger partial charge in [0, 0.05) is 0 Å². The van der Waals surface area contributed by atoms with Crippen LogP contribution in [0.2, 0.25) is 123 Å². The Balaban J connectivity index is 0.00000841. The molecule has 0 N–H and O–H groups in total. The maximum atomic E-state index is 4.47. The van der Waals surface area contributed by atoms with Crippen molar-refractivity contribution in [3.05, 3.63) is 75.9 Å². The molecule has 0 amide bonds. The van der Waals surface area contributed by atoms with Crippen LogP contribution in [0.3, 0.4) is 0 Å². The van der Waals surface area contributed by atoms with E-state index in [1.807, 2.05) is 0 Å². The van der Waals surface area contributed by atoms with Crippen molar-refractivity contribution in [1.29, 1.82) is 0 Å². The molecule has 0 saturated heterocycles. The summed E-state index contributed by atoms with van der Waals surface area (Å²) in [6.45, 7) is 64.5. The molecular weight excluding hydrogens is 927 g/mol. The van der Waals surface area contributed by atoms with Gasteiger partial charge in [0.25, 0.3) is 0 Å². The van der Waals surface area contributed by atoms with Crippen molar-refractivity contribution in [3.63, 3.8) is 0 Å². The molecule has 0 fully saturated rings. The Morgan fingerprint density at radius 1 is 0.373 bits per heavy atom. The van der Waals surface area contributed by atoms with Gasteiger partial charge in [0.2, 0.25) is 0 Å². The van der Waals surface area contributed by atoms with Crippen molar-refractivity contribution >= 4 is 103 Å². The molecule has 11 heteroatoms. The summed E-state index contributed by atoms with van der Waals surface area (Å²) in [4.78, 5) is 0. The number of hydrogen-bond acceptors (Lipinski definition) is 0. The van der Waals surface area contributed by atoms with Crippen LogP contribution in [0.15, 0.2) is 53.1 Å². The minimum Gasteiger partial charge on any atom is -1.00 e. The second-order valence-corrected chi connectivity index (χ2v) is 58.1. The molecule has 0 bridgehead atoms. The molecule has 0 aliphatic heterocycles. The fourth-order valence-corrected chi connectivity index (χ4v) is 34.9. The van der Waals surface area contributed by atoms with Gasteiger partial charge < -0.3 is 37.2 Å². The molecule has 0 nitrogen and oxygen atoms in total. The van der Waals surface area contributed by atoms with Crippen LogP contribution in [0.25, 0.3) is 0 Å². The van der Waals surface area contributed by atoms with Gasteiger partial charge in [0.1, 0.15) is 8.07 Å². The first-order valence-corrected chi connectivity index (χ1v) is 44.2. The third-order valence-electron chi connectivity index (χ3n) is 13.3. The van der Waals surface area contributed by atoms with E-state index in [1.54, 1.807) is 68.9 Å².